The van der Waals surface area contributed by atoms with Gasteiger partial charge in [0.25, 0.3) is 0 Å². The second-order valence-electron chi connectivity index (χ2n) is 10.7. The minimum Gasteiger partial charge on any atom is -0.335 e. The zero-order valence-electron chi connectivity index (χ0n) is 22.0. The van der Waals surface area contributed by atoms with Crippen molar-refractivity contribution in [3.8, 4) is 6.07 Å². The molecule has 208 valence electrons. The fourth-order valence-corrected chi connectivity index (χ4v) is 5.53. The number of piperidine rings is 1. The molecule has 4 rings (SSSR count). The third kappa shape index (κ3) is 5.38. The second-order valence-corrected chi connectivity index (χ2v) is 10.7. The van der Waals surface area contributed by atoms with E-state index in [2.05, 4.69) is 15.5 Å². The quantitative estimate of drug-likeness (QED) is 0.517. The Bertz CT molecular complexity index is 1320. The molecule has 0 radical (unpaired) electrons. The predicted octanol–water partition coefficient (Wildman–Crippen LogP) is 1.79. The molecule has 0 bridgehead atoms. The highest BCUT2D eigenvalue weighted by Gasteiger charge is 2.69. The SMILES string of the molecule is CCN(C)C[C@H](NC(=O)C(F)(F)F)C(=O)N1C[C@H]2[C@@H]([C@H]1C(=O)NC(C#N)c1nncc3ccccc13)C2(C)C. The molecule has 3 amide bonds. The maximum absolute atomic E-state index is 13.7. The van der Waals surface area contributed by atoms with Crippen molar-refractivity contribution in [2.24, 2.45) is 17.3 Å². The van der Waals surface area contributed by atoms with E-state index in [0.29, 0.717) is 11.9 Å². The molecular formula is C26H30F3N7O3. The fourth-order valence-electron chi connectivity index (χ4n) is 5.53. The minimum absolute atomic E-state index is 0.0574. The smallest absolute Gasteiger partial charge is 0.335 e. The fraction of sp³-hybridized carbons (Fsp3) is 0.538. The van der Waals surface area contributed by atoms with E-state index in [9.17, 15) is 32.8 Å². The molecule has 10 nitrogen and oxygen atoms in total. The Morgan fingerprint density at radius 1 is 1.26 bits per heavy atom. The molecule has 2 heterocycles. The van der Waals surface area contributed by atoms with Gasteiger partial charge in [0.15, 0.2) is 6.04 Å². The molecule has 13 heteroatoms. The maximum atomic E-state index is 13.7. The van der Waals surface area contributed by atoms with Crippen LogP contribution >= 0.6 is 0 Å². The summed E-state index contributed by atoms with van der Waals surface area (Å²) in [5.41, 5.74) is -0.0446. The van der Waals surface area contributed by atoms with E-state index in [-0.39, 0.29) is 36.0 Å². The highest BCUT2D eigenvalue weighted by molar-refractivity contribution is 5.95. The average Bonchev–Trinajstić information content (AvgIpc) is 3.22. The van der Waals surface area contributed by atoms with Crippen molar-refractivity contribution in [1.29, 1.82) is 5.26 Å². The van der Waals surface area contributed by atoms with Crippen LogP contribution in [-0.4, -0.2) is 82.7 Å². The number of aromatic nitrogens is 2. The molecule has 5 atom stereocenters. The molecule has 1 aromatic heterocycles. The van der Waals surface area contributed by atoms with Gasteiger partial charge in [-0.25, -0.2) is 0 Å². The number of rotatable bonds is 8. The molecule has 1 aromatic carbocycles. The molecule has 1 aliphatic heterocycles. The van der Waals surface area contributed by atoms with Crippen molar-refractivity contribution < 1.29 is 27.6 Å². The van der Waals surface area contributed by atoms with Crippen molar-refractivity contribution >= 4 is 28.5 Å². The van der Waals surface area contributed by atoms with Gasteiger partial charge >= 0.3 is 12.1 Å². The lowest BCUT2D eigenvalue weighted by Crippen LogP contribution is -2.59. The van der Waals surface area contributed by atoms with Crippen LogP contribution in [-0.2, 0) is 14.4 Å². The Hall–Kier alpha value is -3.79. The number of likely N-dealkylation sites (N-methyl/N-ethyl adjacent to an activating group) is 1. The van der Waals surface area contributed by atoms with Gasteiger partial charge < -0.3 is 20.4 Å². The van der Waals surface area contributed by atoms with Crippen LogP contribution in [0.15, 0.2) is 30.5 Å². The Morgan fingerprint density at radius 2 is 1.95 bits per heavy atom. The number of nitriles is 1. The first-order valence-corrected chi connectivity index (χ1v) is 12.6. The Balaban J connectivity index is 1.61. The van der Waals surface area contributed by atoms with E-state index in [1.165, 1.54) is 11.1 Å². The van der Waals surface area contributed by atoms with Crippen LogP contribution in [0.25, 0.3) is 10.8 Å². The van der Waals surface area contributed by atoms with Gasteiger partial charge in [0, 0.05) is 23.9 Å². The van der Waals surface area contributed by atoms with Crippen molar-refractivity contribution in [3.63, 3.8) is 0 Å². The Morgan fingerprint density at radius 3 is 2.59 bits per heavy atom. The molecular weight excluding hydrogens is 515 g/mol. The summed E-state index contributed by atoms with van der Waals surface area (Å²) >= 11 is 0. The summed E-state index contributed by atoms with van der Waals surface area (Å²) in [6.07, 6.45) is -3.64. The molecule has 2 aromatic rings. The number of carbonyl (C=O) groups is 3. The first-order chi connectivity index (χ1) is 18.3. The van der Waals surface area contributed by atoms with Gasteiger partial charge in [0.05, 0.1) is 12.3 Å². The van der Waals surface area contributed by atoms with Gasteiger partial charge in [-0.05, 0) is 30.8 Å². The van der Waals surface area contributed by atoms with Gasteiger partial charge in [-0.3, -0.25) is 14.4 Å². The summed E-state index contributed by atoms with van der Waals surface area (Å²) in [7, 11) is 1.61. The summed E-state index contributed by atoms with van der Waals surface area (Å²) in [5.74, 6) is -3.95. The molecule has 1 unspecified atom stereocenters. The largest absolute Gasteiger partial charge is 0.471 e. The van der Waals surface area contributed by atoms with Crippen molar-refractivity contribution in [2.75, 3.05) is 26.7 Å². The van der Waals surface area contributed by atoms with Crippen LogP contribution in [0.1, 0.15) is 32.5 Å². The number of nitrogens with one attached hydrogen (secondary N) is 2. The summed E-state index contributed by atoms with van der Waals surface area (Å²) in [5, 5.41) is 23.7. The number of likely N-dealkylation sites (tertiary alicyclic amines) is 1. The zero-order chi connectivity index (χ0) is 28.7. The average molecular weight is 546 g/mol. The second kappa shape index (κ2) is 10.4. The van der Waals surface area contributed by atoms with Crippen LogP contribution in [0.4, 0.5) is 13.2 Å². The number of hydrogen-bond acceptors (Lipinski definition) is 7. The standard InChI is InChI=1S/C26H30F3N7O3/c1-5-35(4)13-18(33-24(39)26(27,28)29)23(38)36-12-16-19(25(16,2)3)21(36)22(37)32-17(10-30)20-15-9-7-6-8-14(15)11-31-34-20/h6-9,11,16-19,21H,5,12-13H2,1-4H3,(H,32,37)(H,33,39)/t16-,17?,18-,19-,21-/m0/s1. The van der Waals surface area contributed by atoms with Crippen LogP contribution < -0.4 is 10.6 Å². The highest BCUT2D eigenvalue weighted by atomic mass is 19.4. The Labute approximate surface area is 223 Å². The first-order valence-electron chi connectivity index (χ1n) is 12.6. The lowest BCUT2D eigenvalue weighted by Gasteiger charge is -2.34. The van der Waals surface area contributed by atoms with Crippen molar-refractivity contribution in [1.82, 2.24) is 30.6 Å². The lowest BCUT2D eigenvalue weighted by molar-refractivity contribution is -0.175. The highest BCUT2D eigenvalue weighted by Crippen LogP contribution is 2.65. The number of carbonyl (C=O) groups excluding carboxylic acids is 3. The first kappa shape index (κ1) is 28.2. The van der Waals surface area contributed by atoms with E-state index in [4.69, 9.17) is 0 Å². The van der Waals surface area contributed by atoms with E-state index in [0.717, 1.165) is 5.39 Å². The number of hydrogen-bond donors (Lipinski definition) is 2. The van der Waals surface area contributed by atoms with E-state index in [1.807, 2.05) is 25.2 Å². The third-order valence-electron chi connectivity index (χ3n) is 7.94. The summed E-state index contributed by atoms with van der Waals surface area (Å²) in [4.78, 5) is 41.9. The van der Waals surface area contributed by atoms with Crippen LogP contribution in [0.5, 0.6) is 0 Å². The number of nitrogens with zero attached hydrogens (tertiary/aromatic N) is 5. The van der Waals surface area contributed by atoms with Gasteiger partial charge in [0.2, 0.25) is 11.8 Å². The van der Waals surface area contributed by atoms with Crippen LogP contribution in [0.3, 0.4) is 0 Å². The van der Waals surface area contributed by atoms with Crippen LogP contribution in [0.2, 0.25) is 0 Å². The molecule has 2 aliphatic rings. The number of fused-ring (bicyclic) bond motifs is 2. The number of alkyl halides is 3. The summed E-state index contributed by atoms with van der Waals surface area (Å²) in [6, 6.07) is 5.41. The van der Waals surface area contributed by atoms with Crippen molar-refractivity contribution in [3.05, 3.63) is 36.2 Å². The zero-order valence-corrected chi connectivity index (χ0v) is 22.0. The lowest BCUT2D eigenvalue weighted by atomic mass is 9.99. The summed E-state index contributed by atoms with van der Waals surface area (Å²) < 4.78 is 39.1. The number of halogens is 3. The molecule has 39 heavy (non-hydrogen) atoms. The third-order valence-corrected chi connectivity index (χ3v) is 7.94. The molecule has 1 saturated heterocycles. The van der Waals surface area contributed by atoms with Gasteiger partial charge in [-0.2, -0.15) is 28.6 Å². The van der Waals surface area contributed by atoms with Gasteiger partial charge in [-0.15, -0.1) is 0 Å². The summed E-state index contributed by atoms with van der Waals surface area (Å²) in [6.45, 7) is 6.06. The van der Waals surface area contributed by atoms with E-state index < -0.39 is 42.0 Å². The molecule has 0 spiro atoms. The molecule has 1 saturated carbocycles. The predicted molar refractivity (Wildman–Crippen MR) is 133 cm³/mol. The van der Waals surface area contributed by atoms with Crippen LogP contribution in [0, 0.1) is 28.6 Å². The number of amides is 3. The minimum atomic E-state index is -5.17. The van der Waals surface area contributed by atoms with E-state index >= 15 is 0 Å². The van der Waals surface area contributed by atoms with Gasteiger partial charge in [-0.1, -0.05) is 45.0 Å². The monoisotopic (exact) mass is 545 g/mol. The number of benzene rings is 1. The molecule has 2 N–H and O–H groups in total. The molecule has 1 aliphatic carbocycles. The van der Waals surface area contributed by atoms with E-state index in [1.54, 1.807) is 43.1 Å². The molecule has 2 fully saturated rings. The van der Waals surface area contributed by atoms with Gasteiger partial charge in [0.1, 0.15) is 17.8 Å². The maximum Gasteiger partial charge on any atom is 0.471 e. The normalized spacial score (nSPS) is 23.1. The van der Waals surface area contributed by atoms with Crippen molar-refractivity contribution in [2.45, 2.75) is 45.1 Å². The Kier molecular flexibility index (Phi) is 7.53. The topological polar surface area (TPSA) is 131 Å².